The van der Waals surface area contributed by atoms with Crippen LogP contribution in [0.15, 0.2) is 60.0 Å². The molecule has 3 aromatic rings. The number of rotatable bonds is 3. The second kappa shape index (κ2) is 6.96. The standard InChI is InChI=1S/C20H14ClN5O3/c1-11-16-17(18-14(21)8-5-9-15(18)26(27)28)13(10-22)19(23)29-20(16)25(24-11)12-6-3-2-4-7-12/h2-9,17H,23H2,1H3/t17-/m0/s1. The van der Waals surface area contributed by atoms with Crippen molar-refractivity contribution >= 4 is 17.3 Å². The zero-order valence-electron chi connectivity index (χ0n) is 15.2. The van der Waals surface area contributed by atoms with Crippen LogP contribution in [0, 0.1) is 28.4 Å². The summed E-state index contributed by atoms with van der Waals surface area (Å²) < 4.78 is 7.31. The molecule has 1 aliphatic heterocycles. The number of aryl methyl sites for hydroxylation is 1. The average molecular weight is 408 g/mol. The SMILES string of the molecule is Cc1nn(-c2ccccc2)c2c1[C@@H](c1c(Cl)cccc1[N+](=O)[O-])C(C#N)=C(N)O2. The molecule has 0 saturated carbocycles. The summed E-state index contributed by atoms with van der Waals surface area (Å²) in [7, 11) is 0. The molecule has 0 unspecified atom stereocenters. The Balaban J connectivity index is 2.04. The van der Waals surface area contributed by atoms with E-state index >= 15 is 0 Å². The van der Waals surface area contributed by atoms with Gasteiger partial charge in [0.05, 0.1) is 38.4 Å². The summed E-state index contributed by atoms with van der Waals surface area (Å²) in [6.07, 6.45) is 0. The quantitative estimate of drug-likeness (QED) is 0.518. The fourth-order valence-corrected chi connectivity index (χ4v) is 3.80. The number of hydrogen-bond donors (Lipinski definition) is 1. The first kappa shape index (κ1) is 18.5. The minimum Gasteiger partial charge on any atom is -0.422 e. The Morgan fingerprint density at radius 1 is 1.24 bits per heavy atom. The van der Waals surface area contributed by atoms with E-state index in [2.05, 4.69) is 5.10 Å². The van der Waals surface area contributed by atoms with Crippen molar-refractivity contribution < 1.29 is 9.66 Å². The maximum absolute atomic E-state index is 11.7. The molecule has 1 aliphatic rings. The lowest BCUT2D eigenvalue weighted by Crippen LogP contribution is -2.22. The summed E-state index contributed by atoms with van der Waals surface area (Å²) in [6, 6.07) is 15.6. The van der Waals surface area contributed by atoms with Crippen molar-refractivity contribution in [1.82, 2.24) is 9.78 Å². The molecular formula is C20H14ClN5O3. The van der Waals surface area contributed by atoms with Gasteiger partial charge in [-0.1, -0.05) is 35.9 Å². The fraction of sp³-hybridized carbons (Fsp3) is 0.100. The zero-order chi connectivity index (χ0) is 20.7. The van der Waals surface area contributed by atoms with E-state index in [9.17, 15) is 15.4 Å². The molecule has 0 radical (unpaired) electrons. The predicted octanol–water partition coefficient (Wildman–Crippen LogP) is 3.96. The minimum atomic E-state index is -0.879. The monoisotopic (exact) mass is 407 g/mol. The second-order valence-corrected chi connectivity index (χ2v) is 6.81. The van der Waals surface area contributed by atoms with E-state index < -0.39 is 10.8 Å². The van der Waals surface area contributed by atoms with Crippen LogP contribution in [0.3, 0.4) is 0 Å². The van der Waals surface area contributed by atoms with Crippen LogP contribution in [0.5, 0.6) is 5.88 Å². The molecule has 9 heteroatoms. The van der Waals surface area contributed by atoms with Gasteiger partial charge in [0.15, 0.2) is 0 Å². The number of nitro groups is 1. The molecule has 0 fully saturated rings. The van der Waals surface area contributed by atoms with E-state index in [4.69, 9.17) is 22.1 Å². The van der Waals surface area contributed by atoms with Crippen molar-refractivity contribution in [2.45, 2.75) is 12.8 Å². The Bertz CT molecular complexity index is 1210. The Morgan fingerprint density at radius 3 is 2.62 bits per heavy atom. The van der Waals surface area contributed by atoms with Gasteiger partial charge in [-0.2, -0.15) is 10.4 Å². The molecule has 0 saturated heterocycles. The smallest absolute Gasteiger partial charge is 0.275 e. The molecule has 29 heavy (non-hydrogen) atoms. The third-order valence-corrected chi connectivity index (χ3v) is 5.08. The van der Waals surface area contributed by atoms with Crippen molar-refractivity contribution in [3.05, 3.63) is 91.9 Å². The highest BCUT2D eigenvalue weighted by atomic mass is 35.5. The summed E-state index contributed by atoms with van der Waals surface area (Å²) in [6.45, 7) is 1.74. The van der Waals surface area contributed by atoms with Crippen LogP contribution in [-0.2, 0) is 0 Å². The molecule has 0 aliphatic carbocycles. The topological polar surface area (TPSA) is 120 Å². The van der Waals surface area contributed by atoms with Gasteiger partial charge in [-0.05, 0) is 25.1 Å². The van der Waals surface area contributed by atoms with Crippen LogP contribution < -0.4 is 10.5 Å². The molecule has 2 N–H and O–H groups in total. The molecule has 0 spiro atoms. The molecule has 1 aromatic heterocycles. The van der Waals surface area contributed by atoms with Crippen molar-refractivity contribution in [2.75, 3.05) is 0 Å². The highest BCUT2D eigenvalue weighted by Gasteiger charge is 2.40. The Hall–Kier alpha value is -3.83. The van der Waals surface area contributed by atoms with E-state index in [0.29, 0.717) is 17.1 Å². The Labute approximate surface area is 170 Å². The number of halogens is 1. The number of para-hydroxylation sites is 1. The molecule has 2 aromatic carbocycles. The third-order valence-electron chi connectivity index (χ3n) is 4.75. The summed E-state index contributed by atoms with van der Waals surface area (Å²) >= 11 is 6.37. The van der Waals surface area contributed by atoms with Gasteiger partial charge in [0.25, 0.3) is 5.69 Å². The number of nitrogens with zero attached hydrogens (tertiary/aromatic N) is 4. The molecular weight excluding hydrogens is 394 g/mol. The van der Waals surface area contributed by atoms with Crippen molar-refractivity contribution in [2.24, 2.45) is 5.73 Å². The number of nitriles is 1. The van der Waals surface area contributed by atoms with Gasteiger partial charge in [-0.3, -0.25) is 10.1 Å². The molecule has 8 nitrogen and oxygen atoms in total. The second-order valence-electron chi connectivity index (χ2n) is 6.41. The maximum atomic E-state index is 11.7. The van der Waals surface area contributed by atoms with E-state index in [1.807, 2.05) is 36.4 Å². The third kappa shape index (κ3) is 2.88. The lowest BCUT2D eigenvalue weighted by atomic mass is 9.83. The summed E-state index contributed by atoms with van der Waals surface area (Å²) in [5.74, 6) is -0.726. The van der Waals surface area contributed by atoms with Crippen LogP contribution in [-0.4, -0.2) is 14.7 Å². The van der Waals surface area contributed by atoms with Gasteiger partial charge in [0.1, 0.15) is 11.6 Å². The minimum absolute atomic E-state index is 0.0458. The fourth-order valence-electron chi connectivity index (χ4n) is 3.52. The summed E-state index contributed by atoms with van der Waals surface area (Å²) in [5, 5.41) is 26.1. The molecule has 2 heterocycles. The lowest BCUT2D eigenvalue weighted by molar-refractivity contribution is -0.385. The van der Waals surface area contributed by atoms with E-state index in [-0.39, 0.29) is 27.7 Å². The van der Waals surface area contributed by atoms with Gasteiger partial charge in [0, 0.05) is 6.07 Å². The Morgan fingerprint density at radius 2 is 1.97 bits per heavy atom. The normalized spacial score (nSPS) is 15.4. The van der Waals surface area contributed by atoms with E-state index in [1.165, 1.54) is 12.1 Å². The number of allylic oxidation sites excluding steroid dienone is 1. The molecule has 4 rings (SSSR count). The number of nitrogens with two attached hydrogens (primary N) is 1. The van der Waals surface area contributed by atoms with Gasteiger partial charge in [0.2, 0.25) is 11.8 Å². The van der Waals surface area contributed by atoms with E-state index in [0.717, 1.165) is 5.69 Å². The van der Waals surface area contributed by atoms with Crippen LogP contribution in [0.1, 0.15) is 22.7 Å². The average Bonchev–Trinajstić information content (AvgIpc) is 3.03. The highest BCUT2D eigenvalue weighted by Crippen LogP contribution is 2.48. The highest BCUT2D eigenvalue weighted by molar-refractivity contribution is 6.31. The van der Waals surface area contributed by atoms with Gasteiger partial charge in [-0.25, -0.2) is 4.68 Å². The van der Waals surface area contributed by atoms with Crippen LogP contribution in [0.2, 0.25) is 5.02 Å². The Kier molecular flexibility index (Phi) is 4.45. The first-order chi connectivity index (χ1) is 13.9. The number of ether oxygens (including phenoxy) is 1. The lowest BCUT2D eigenvalue weighted by Gasteiger charge is -2.25. The van der Waals surface area contributed by atoms with Crippen LogP contribution in [0.25, 0.3) is 5.69 Å². The van der Waals surface area contributed by atoms with Crippen LogP contribution in [0.4, 0.5) is 5.69 Å². The van der Waals surface area contributed by atoms with Crippen molar-refractivity contribution in [3.8, 4) is 17.6 Å². The number of aromatic nitrogens is 2. The number of fused-ring (bicyclic) bond motifs is 1. The van der Waals surface area contributed by atoms with Crippen molar-refractivity contribution in [3.63, 3.8) is 0 Å². The zero-order valence-corrected chi connectivity index (χ0v) is 15.9. The first-order valence-corrected chi connectivity index (χ1v) is 8.97. The molecule has 0 bridgehead atoms. The van der Waals surface area contributed by atoms with Gasteiger partial charge in [-0.15, -0.1) is 0 Å². The van der Waals surface area contributed by atoms with E-state index in [1.54, 1.807) is 17.7 Å². The molecule has 0 amide bonds. The summed E-state index contributed by atoms with van der Waals surface area (Å²) in [4.78, 5) is 11.2. The first-order valence-electron chi connectivity index (χ1n) is 8.59. The van der Waals surface area contributed by atoms with Crippen molar-refractivity contribution in [1.29, 1.82) is 5.26 Å². The van der Waals surface area contributed by atoms with Gasteiger partial charge >= 0.3 is 0 Å². The predicted molar refractivity (Wildman–Crippen MR) is 106 cm³/mol. The summed E-state index contributed by atoms with van der Waals surface area (Å²) in [5.41, 5.74) is 7.84. The van der Waals surface area contributed by atoms with Crippen LogP contribution >= 0.6 is 11.6 Å². The molecule has 144 valence electrons. The largest absolute Gasteiger partial charge is 0.422 e. The number of benzene rings is 2. The maximum Gasteiger partial charge on any atom is 0.275 e. The van der Waals surface area contributed by atoms with Gasteiger partial charge < -0.3 is 10.5 Å². The number of nitro benzene ring substituents is 1. The number of hydrogen-bond acceptors (Lipinski definition) is 6. The molecule has 1 atom stereocenters.